The normalized spacial score (nSPS) is 11.1. The molecule has 0 aliphatic rings. The molecule has 130 valence electrons. The fourth-order valence-electron chi connectivity index (χ4n) is 3.22. The number of nitrogens with zero attached hydrogens (tertiary/aromatic N) is 4. The number of hydrogen-bond donors (Lipinski definition) is 1. The molecule has 0 aliphatic heterocycles. The van der Waals surface area contributed by atoms with Crippen molar-refractivity contribution in [3.8, 4) is 0 Å². The van der Waals surface area contributed by atoms with Crippen LogP contribution in [0, 0.1) is 0 Å². The molecule has 5 heteroatoms. The van der Waals surface area contributed by atoms with Crippen molar-refractivity contribution in [2.45, 2.75) is 6.42 Å². The van der Waals surface area contributed by atoms with Gasteiger partial charge in [0.1, 0.15) is 0 Å². The maximum Gasteiger partial charge on any atom is 0.153 e. The van der Waals surface area contributed by atoms with Gasteiger partial charge in [0.05, 0.1) is 17.4 Å². The molecular weight excluding hydrogens is 334 g/mol. The first-order chi connectivity index (χ1) is 13.3. The maximum absolute atomic E-state index is 4.72. The van der Waals surface area contributed by atoms with Crippen LogP contribution in [0.5, 0.6) is 0 Å². The van der Waals surface area contributed by atoms with Crippen molar-refractivity contribution in [3.63, 3.8) is 0 Å². The van der Waals surface area contributed by atoms with Crippen LogP contribution in [0.1, 0.15) is 11.3 Å². The van der Waals surface area contributed by atoms with E-state index in [1.54, 1.807) is 0 Å². The molecule has 0 spiro atoms. The number of benzene rings is 2. The molecule has 27 heavy (non-hydrogen) atoms. The predicted octanol–water partition coefficient (Wildman–Crippen LogP) is 4.61. The minimum Gasteiger partial charge on any atom is -0.339 e. The first kappa shape index (κ1) is 15.5. The van der Waals surface area contributed by atoms with E-state index in [4.69, 9.17) is 5.10 Å². The van der Waals surface area contributed by atoms with E-state index in [2.05, 4.69) is 39.6 Å². The minimum atomic E-state index is 0.758. The smallest absolute Gasteiger partial charge is 0.153 e. The second kappa shape index (κ2) is 6.53. The number of para-hydroxylation sites is 1. The summed E-state index contributed by atoms with van der Waals surface area (Å²) in [6.07, 6.45) is 4.47. The highest BCUT2D eigenvalue weighted by Crippen LogP contribution is 2.19. The van der Waals surface area contributed by atoms with E-state index in [1.165, 1.54) is 5.56 Å². The van der Waals surface area contributed by atoms with Crippen LogP contribution in [0.3, 0.4) is 0 Å². The highest BCUT2D eigenvalue weighted by molar-refractivity contribution is 5.79. The Morgan fingerprint density at radius 1 is 0.852 bits per heavy atom. The second-order valence-corrected chi connectivity index (χ2v) is 6.44. The van der Waals surface area contributed by atoms with E-state index in [0.29, 0.717) is 0 Å². The van der Waals surface area contributed by atoms with Gasteiger partial charge in [-0.05, 0) is 48.0 Å². The number of aromatic nitrogens is 4. The van der Waals surface area contributed by atoms with Crippen LogP contribution >= 0.6 is 0 Å². The number of pyridine rings is 1. The lowest BCUT2D eigenvalue weighted by atomic mass is 10.1. The third-order valence-corrected chi connectivity index (χ3v) is 4.53. The minimum absolute atomic E-state index is 0.758. The van der Waals surface area contributed by atoms with E-state index in [-0.39, 0.29) is 0 Å². The van der Waals surface area contributed by atoms with Gasteiger partial charge >= 0.3 is 0 Å². The highest BCUT2D eigenvalue weighted by Gasteiger charge is 2.08. The number of anilines is 2. The van der Waals surface area contributed by atoms with Crippen LogP contribution in [0.2, 0.25) is 0 Å². The number of fused-ring (bicyclic) bond motifs is 2. The molecule has 0 amide bonds. The summed E-state index contributed by atoms with van der Waals surface area (Å²) in [7, 11) is 0. The highest BCUT2D eigenvalue weighted by atomic mass is 15.3. The molecule has 0 atom stereocenters. The van der Waals surface area contributed by atoms with Crippen molar-refractivity contribution in [1.29, 1.82) is 0 Å². The van der Waals surface area contributed by atoms with Gasteiger partial charge in [-0.2, -0.15) is 0 Å². The Kier molecular flexibility index (Phi) is 3.76. The van der Waals surface area contributed by atoms with Gasteiger partial charge in [-0.1, -0.05) is 30.3 Å². The van der Waals surface area contributed by atoms with Crippen LogP contribution < -0.4 is 5.32 Å². The Hall–Kier alpha value is -3.73. The summed E-state index contributed by atoms with van der Waals surface area (Å²) in [5, 5.41) is 9.19. The van der Waals surface area contributed by atoms with E-state index < -0.39 is 0 Å². The zero-order chi connectivity index (χ0) is 18.1. The summed E-state index contributed by atoms with van der Waals surface area (Å²) in [6, 6.07) is 24.3. The summed E-state index contributed by atoms with van der Waals surface area (Å²) in [5.41, 5.74) is 5.11. The lowest BCUT2D eigenvalue weighted by Crippen LogP contribution is -2.02. The monoisotopic (exact) mass is 351 g/mol. The first-order valence-corrected chi connectivity index (χ1v) is 8.84. The van der Waals surface area contributed by atoms with Crippen molar-refractivity contribution in [2.75, 3.05) is 5.32 Å². The molecule has 3 heterocycles. The van der Waals surface area contributed by atoms with Gasteiger partial charge in [0, 0.05) is 23.7 Å². The Labute approximate surface area is 156 Å². The van der Waals surface area contributed by atoms with Gasteiger partial charge in [0.25, 0.3) is 0 Å². The van der Waals surface area contributed by atoms with Crippen molar-refractivity contribution in [3.05, 3.63) is 96.4 Å². The zero-order valence-electron chi connectivity index (χ0n) is 14.6. The molecule has 0 saturated carbocycles. The zero-order valence-corrected chi connectivity index (χ0v) is 14.6. The van der Waals surface area contributed by atoms with Gasteiger partial charge in [-0.25, -0.2) is 9.50 Å². The third kappa shape index (κ3) is 3.11. The van der Waals surface area contributed by atoms with Crippen LogP contribution in [-0.2, 0) is 6.42 Å². The van der Waals surface area contributed by atoms with Crippen LogP contribution in [0.25, 0.3) is 16.6 Å². The van der Waals surface area contributed by atoms with E-state index in [9.17, 15) is 0 Å². The van der Waals surface area contributed by atoms with Crippen molar-refractivity contribution in [1.82, 2.24) is 19.6 Å². The lowest BCUT2D eigenvalue weighted by molar-refractivity contribution is 0.876. The third-order valence-electron chi connectivity index (χ3n) is 4.53. The first-order valence-electron chi connectivity index (χ1n) is 8.84. The van der Waals surface area contributed by atoms with Crippen molar-refractivity contribution >= 4 is 28.1 Å². The molecule has 2 aromatic carbocycles. The van der Waals surface area contributed by atoms with Gasteiger partial charge in [-0.3, -0.25) is 4.98 Å². The Morgan fingerprint density at radius 2 is 1.78 bits per heavy atom. The molecule has 3 aromatic heterocycles. The topological polar surface area (TPSA) is 55.1 Å². The molecular formula is C22H17N5. The van der Waals surface area contributed by atoms with Crippen LogP contribution in [0.15, 0.2) is 85.2 Å². The number of nitrogens with one attached hydrogen (secondary N) is 1. The molecule has 5 nitrogen and oxygen atoms in total. The average molecular weight is 351 g/mol. The Bertz CT molecular complexity index is 1230. The van der Waals surface area contributed by atoms with E-state index >= 15 is 0 Å². The Balaban J connectivity index is 1.48. The SMILES string of the molecule is c1ccc(Nc2ccc3ncc(Cc4ccc5ncccc5c4)n3n2)cc1. The maximum atomic E-state index is 4.72. The largest absolute Gasteiger partial charge is 0.339 e. The van der Waals surface area contributed by atoms with Crippen LogP contribution in [0.4, 0.5) is 11.5 Å². The van der Waals surface area contributed by atoms with Gasteiger partial charge in [0.15, 0.2) is 11.5 Å². The molecule has 5 rings (SSSR count). The standard InChI is InChI=1S/C22H17N5/c1-2-6-18(7-3-1)25-21-10-11-22-24-15-19(27(22)26-21)14-16-8-9-20-17(13-16)5-4-12-23-20/h1-13,15H,14H2,(H,25,26). The fourth-order valence-corrected chi connectivity index (χ4v) is 3.22. The van der Waals surface area contributed by atoms with E-state index in [1.807, 2.05) is 65.4 Å². The molecule has 0 fully saturated rings. The van der Waals surface area contributed by atoms with Gasteiger partial charge in [0.2, 0.25) is 0 Å². The summed E-state index contributed by atoms with van der Waals surface area (Å²) in [6.45, 7) is 0. The molecule has 5 aromatic rings. The second-order valence-electron chi connectivity index (χ2n) is 6.44. The van der Waals surface area contributed by atoms with Gasteiger partial charge < -0.3 is 5.32 Å². The molecule has 1 N–H and O–H groups in total. The molecule has 0 radical (unpaired) electrons. The van der Waals surface area contributed by atoms with E-state index in [0.717, 1.165) is 40.2 Å². The number of hydrogen-bond acceptors (Lipinski definition) is 4. The average Bonchev–Trinajstić information content (AvgIpc) is 3.11. The van der Waals surface area contributed by atoms with Gasteiger partial charge in [-0.15, -0.1) is 5.10 Å². The molecule has 0 saturated heterocycles. The number of imidazole rings is 1. The van der Waals surface area contributed by atoms with Crippen molar-refractivity contribution in [2.24, 2.45) is 0 Å². The number of rotatable bonds is 4. The fraction of sp³-hybridized carbons (Fsp3) is 0.0455. The molecule has 0 unspecified atom stereocenters. The summed E-state index contributed by atoms with van der Waals surface area (Å²) in [5.74, 6) is 0.788. The lowest BCUT2D eigenvalue weighted by Gasteiger charge is -2.07. The van der Waals surface area contributed by atoms with Crippen molar-refractivity contribution < 1.29 is 0 Å². The molecule has 0 bridgehead atoms. The summed E-state index contributed by atoms with van der Waals surface area (Å²) in [4.78, 5) is 8.87. The van der Waals surface area contributed by atoms with Crippen LogP contribution in [-0.4, -0.2) is 19.6 Å². The quantitative estimate of drug-likeness (QED) is 0.514. The predicted molar refractivity (Wildman–Crippen MR) is 107 cm³/mol. The summed E-state index contributed by atoms with van der Waals surface area (Å²) < 4.78 is 1.90. The molecule has 0 aliphatic carbocycles. The summed E-state index contributed by atoms with van der Waals surface area (Å²) >= 11 is 0. The Morgan fingerprint density at radius 3 is 2.70 bits per heavy atom.